The van der Waals surface area contributed by atoms with Gasteiger partial charge in [0.2, 0.25) is 0 Å². The Bertz CT molecular complexity index is 202. The molecule has 0 aliphatic heterocycles. The summed E-state index contributed by atoms with van der Waals surface area (Å²) >= 11 is 11.7. The minimum atomic E-state index is -0.213. The predicted molar refractivity (Wildman–Crippen MR) is 86.0 cm³/mol. The lowest BCUT2D eigenvalue weighted by atomic mass is 10.2. The Morgan fingerprint density at radius 1 is 0.900 bits per heavy atom. The van der Waals surface area contributed by atoms with E-state index in [-0.39, 0.29) is 23.5 Å². The maximum absolute atomic E-state index is 9.20. The SMILES string of the molecule is CC(Cl)CCCCOCC(CO)OCCCCC(C)Cl. The second-order valence-electron chi connectivity index (χ2n) is 5.30. The van der Waals surface area contributed by atoms with Gasteiger partial charge in [-0.05, 0) is 52.4 Å². The third-order valence-corrected chi connectivity index (χ3v) is 3.43. The third kappa shape index (κ3) is 14.9. The van der Waals surface area contributed by atoms with Crippen molar-refractivity contribution in [2.45, 2.75) is 69.2 Å². The molecule has 0 rings (SSSR count). The van der Waals surface area contributed by atoms with Crippen molar-refractivity contribution in [2.24, 2.45) is 0 Å². The fourth-order valence-electron chi connectivity index (χ4n) is 1.78. The molecule has 5 heteroatoms. The van der Waals surface area contributed by atoms with Crippen LogP contribution in [-0.4, -0.2) is 48.4 Å². The average molecular weight is 329 g/mol. The molecule has 3 nitrogen and oxygen atoms in total. The molecular formula is C15H30Cl2O3. The van der Waals surface area contributed by atoms with Crippen LogP contribution in [0.2, 0.25) is 0 Å². The molecule has 20 heavy (non-hydrogen) atoms. The van der Waals surface area contributed by atoms with Crippen molar-refractivity contribution >= 4 is 23.2 Å². The summed E-state index contributed by atoms with van der Waals surface area (Å²) < 4.78 is 11.1. The van der Waals surface area contributed by atoms with Gasteiger partial charge in [0.25, 0.3) is 0 Å². The summed E-state index contributed by atoms with van der Waals surface area (Å²) in [5.74, 6) is 0. The topological polar surface area (TPSA) is 38.7 Å². The molecule has 3 atom stereocenters. The van der Waals surface area contributed by atoms with Crippen LogP contribution in [-0.2, 0) is 9.47 Å². The van der Waals surface area contributed by atoms with Crippen molar-refractivity contribution in [3.8, 4) is 0 Å². The fraction of sp³-hybridized carbons (Fsp3) is 1.00. The van der Waals surface area contributed by atoms with Crippen molar-refractivity contribution in [2.75, 3.05) is 26.4 Å². The highest BCUT2D eigenvalue weighted by Crippen LogP contribution is 2.08. The van der Waals surface area contributed by atoms with E-state index in [0.717, 1.165) is 38.5 Å². The zero-order chi connectivity index (χ0) is 15.2. The molecule has 0 fully saturated rings. The van der Waals surface area contributed by atoms with Crippen molar-refractivity contribution in [3.63, 3.8) is 0 Å². The second kappa shape index (κ2) is 14.4. The molecule has 0 aromatic carbocycles. The van der Waals surface area contributed by atoms with Crippen molar-refractivity contribution in [1.29, 1.82) is 0 Å². The monoisotopic (exact) mass is 328 g/mol. The number of hydrogen-bond acceptors (Lipinski definition) is 3. The normalized spacial score (nSPS) is 16.1. The first-order chi connectivity index (χ1) is 9.56. The van der Waals surface area contributed by atoms with Gasteiger partial charge in [-0.25, -0.2) is 0 Å². The summed E-state index contributed by atoms with van der Waals surface area (Å²) in [6.45, 7) is 5.82. The van der Waals surface area contributed by atoms with E-state index in [2.05, 4.69) is 0 Å². The molecule has 0 radical (unpaired) electrons. The second-order valence-corrected chi connectivity index (χ2v) is 6.79. The maximum Gasteiger partial charge on any atom is 0.104 e. The van der Waals surface area contributed by atoms with Gasteiger partial charge < -0.3 is 14.6 Å². The minimum Gasteiger partial charge on any atom is -0.394 e. The number of rotatable bonds is 14. The lowest BCUT2D eigenvalue weighted by Crippen LogP contribution is -2.24. The molecule has 0 aromatic heterocycles. The molecule has 0 aliphatic carbocycles. The largest absolute Gasteiger partial charge is 0.394 e. The van der Waals surface area contributed by atoms with E-state index in [9.17, 15) is 5.11 Å². The maximum atomic E-state index is 9.20. The molecule has 0 bridgehead atoms. The van der Waals surface area contributed by atoms with E-state index in [1.54, 1.807) is 0 Å². The van der Waals surface area contributed by atoms with Crippen LogP contribution in [0.15, 0.2) is 0 Å². The molecule has 3 unspecified atom stereocenters. The quantitative estimate of drug-likeness (QED) is 0.387. The van der Waals surface area contributed by atoms with Crippen molar-refractivity contribution < 1.29 is 14.6 Å². The molecule has 0 spiro atoms. The van der Waals surface area contributed by atoms with Gasteiger partial charge in [0.05, 0.1) is 13.2 Å². The Kier molecular flexibility index (Phi) is 14.7. The minimum absolute atomic E-state index is 0.00459. The Morgan fingerprint density at radius 2 is 1.45 bits per heavy atom. The molecule has 0 aliphatic rings. The number of unbranched alkanes of at least 4 members (excludes halogenated alkanes) is 2. The standard InChI is InChI=1S/C15H30Cl2O3/c1-13(16)7-3-5-9-19-12-15(11-18)20-10-6-4-8-14(2)17/h13-15,18H,3-12H2,1-2H3. The van der Waals surface area contributed by atoms with Crippen LogP contribution in [0.4, 0.5) is 0 Å². The fourth-order valence-corrected chi connectivity index (χ4v) is 2.08. The molecule has 0 heterocycles. The van der Waals surface area contributed by atoms with Gasteiger partial charge >= 0.3 is 0 Å². The highest BCUT2D eigenvalue weighted by atomic mass is 35.5. The van der Waals surface area contributed by atoms with Crippen LogP contribution in [0.1, 0.15) is 52.4 Å². The lowest BCUT2D eigenvalue weighted by molar-refractivity contribution is -0.0437. The van der Waals surface area contributed by atoms with Gasteiger partial charge in [0.15, 0.2) is 0 Å². The van der Waals surface area contributed by atoms with Crippen molar-refractivity contribution in [3.05, 3.63) is 0 Å². The van der Waals surface area contributed by atoms with Gasteiger partial charge in [-0.15, -0.1) is 23.2 Å². The molecule has 1 N–H and O–H groups in total. The summed E-state index contributed by atoms with van der Waals surface area (Å²) in [4.78, 5) is 0. The number of ether oxygens (including phenoxy) is 2. The first-order valence-corrected chi connectivity index (χ1v) is 8.51. The van der Waals surface area contributed by atoms with Gasteiger partial charge in [-0.2, -0.15) is 0 Å². The molecule has 0 amide bonds. The Balaban J connectivity index is 3.38. The summed E-state index contributed by atoms with van der Waals surface area (Å²) in [6, 6.07) is 0. The van der Waals surface area contributed by atoms with E-state index < -0.39 is 0 Å². The molecule has 0 aromatic rings. The molecule has 122 valence electrons. The highest BCUT2D eigenvalue weighted by Gasteiger charge is 2.08. The Morgan fingerprint density at radius 3 is 1.95 bits per heavy atom. The summed E-state index contributed by atoms with van der Waals surface area (Å²) in [7, 11) is 0. The summed E-state index contributed by atoms with van der Waals surface area (Å²) in [5.41, 5.74) is 0. The summed E-state index contributed by atoms with van der Waals surface area (Å²) in [5, 5.41) is 9.66. The Labute approximate surface area is 133 Å². The smallest absolute Gasteiger partial charge is 0.104 e. The average Bonchev–Trinajstić information content (AvgIpc) is 2.39. The first kappa shape index (κ1) is 20.5. The van der Waals surface area contributed by atoms with Crippen LogP contribution in [0.3, 0.4) is 0 Å². The van der Waals surface area contributed by atoms with Gasteiger partial charge in [-0.1, -0.05) is 0 Å². The van der Waals surface area contributed by atoms with E-state index in [1.807, 2.05) is 13.8 Å². The van der Waals surface area contributed by atoms with Crippen molar-refractivity contribution in [1.82, 2.24) is 0 Å². The molecular weight excluding hydrogens is 299 g/mol. The molecule has 0 saturated carbocycles. The number of alkyl halides is 2. The van der Waals surface area contributed by atoms with E-state index in [4.69, 9.17) is 32.7 Å². The van der Waals surface area contributed by atoms with Gasteiger partial charge in [0, 0.05) is 24.0 Å². The van der Waals surface area contributed by atoms with Crippen LogP contribution >= 0.6 is 23.2 Å². The van der Waals surface area contributed by atoms with Crippen LogP contribution in [0.5, 0.6) is 0 Å². The lowest BCUT2D eigenvalue weighted by Gasteiger charge is -2.16. The van der Waals surface area contributed by atoms with Gasteiger partial charge in [-0.3, -0.25) is 0 Å². The number of aliphatic hydroxyl groups excluding tert-OH is 1. The van der Waals surface area contributed by atoms with E-state index in [0.29, 0.717) is 19.8 Å². The number of hydrogen-bond donors (Lipinski definition) is 1. The number of aliphatic hydroxyl groups is 1. The zero-order valence-electron chi connectivity index (χ0n) is 12.8. The van der Waals surface area contributed by atoms with Crippen LogP contribution in [0.25, 0.3) is 0 Å². The zero-order valence-corrected chi connectivity index (χ0v) is 14.3. The predicted octanol–water partition coefficient (Wildman–Crippen LogP) is 3.98. The van der Waals surface area contributed by atoms with E-state index in [1.165, 1.54) is 0 Å². The van der Waals surface area contributed by atoms with Crippen LogP contribution in [0, 0.1) is 0 Å². The number of halogens is 2. The van der Waals surface area contributed by atoms with Crippen LogP contribution < -0.4 is 0 Å². The van der Waals surface area contributed by atoms with Gasteiger partial charge in [0.1, 0.15) is 6.10 Å². The first-order valence-electron chi connectivity index (χ1n) is 7.64. The Hall–Kier alpha value is 0.460. The molecule has 0 saturated heterocycles. The van der Waals surface area contributed by atoms with E-state index >= 15 is 0 Å². The third-order valence-electron chi connectivity index (χ3n) is 3.00. The summed E-state index contributed by atoms with van der Waals surface area (Å²) in [6.07, 6.45) is 5.92. The highest BCUT2D eigenvalue weighted by molar-refractivity contribution is 6.20.